The monoisotopic (exact) mass is 468 g/mol. The SMILES string of the molecule is COc1ccc(N(CC(=O)N(Cc2ccccc2)Cc2ccccc2)S(C)(=O)=O)c(OC)c1. The van der Waals surface area contributed by atoms with Crippen LogP contribution < -0.4 is 13.8 Å². The number of hydrogen-bond donors (Lipinski definition) is 0. The Balaban J connectivity index is 1.93. The second-order valence-electron chi connectivity index (χ2n) is 7.53. The molecule has 0 aliphatic rings. The van der Waals surface area contributed by atoms with Crippen LogP contribution in [0.3, 0.4) is 0 Å². The van der Waals surface area contributed by atoms with E-state index in [0.717, 1.165) is 21.7 Å². The molecule has 3 rings (SSSR count). The maximum absolute atomic E-state index is 13.5. The van der Waals surface area contributed by atoms with Crippen molar-refractivity contribution in [2.45, 2.75) is 13.1 Å². The Morgan fingerprint density at radius 2 is 1.36 bits per heavy atom. The maximum Gasteiger partial charge on any atom is 0.243 e. The minimum atomic E-state index is -3.78. The second kappa shape index (κ2) is 10.9. The van der Waals surface area contributed by atoms with Gasteiger partial charge in [-0.05, 0) is 23.3 Å². The summed E-state index contributed by atoms with van der Waals surface area (Å²) >= 11 is 0. The lowest BCUT2D eigenvalue weighted by atomic mass is 10.1. The van der Waals surface area contributed by atoms with Crippen molar-refractivity contribution in [3.05, 3.63) is 90.0 Å². The van der Waals surface area contributed by atoms with E-state index < -0.39 is 10.0 Å². The van der Waals surface area contributed by atoms with E-state index >= 15 is 0 Å². The number of carbonyl (C=O) groups excluding carboxylic acids is 1. The smallest absolute Gasteiger partial charge is 0.243 e. The van der Waals surface area contributed by atoms with Gasteiger partial charge in [-0.15, -0.1) is 0 Å². The Morgan fingerprint density at radius 3 is 1.82 bits per heavy atom. The first-order chi connectivity index (χ1) is 15.8. The molecule has 0 saturated carbocycles. The fourth-order valence-electron chi connectivity index (χ4n) is 3.43. The van der Waals surface area contributed by atoms with E-state index in [-0.39, 0.29) is 18.1 Å². The average molecular weight is 469 g/mol. The van der Waals surface area contributed by atoms with Crippen LogP contribution in [0.5, 0.6) is 11.5 Å². The summed E-state index contributed by atoms with van der Waals surface area (Å²) in [6.07, 6.45) is 1.07. The van der Waals surface area contributed by atoms with Gasteiger partial charge < -0.3 is 14.4 Å². The first-order valence-electron chi connectivity index (χ1n) is 10.4. The van der Waals surface area contributed by atoms with Crippen LogP contribution in [-0.4, -0.2) is 46.2 Å². The van der Waals surface area contributed by atoms with Gasteiger partial charge in [0.15, 0.2) is 0 Å². The molecule has 0 radical (unpaired) electrons. The minimum absolute atomic E-state index is 0.272. The van der Waals surface area contributed by atoms with Gasteiger partial charge in [0.25, 0.3) is 0 Å². The molecular formula is C25H28N2O5S. The molecule has 0 spiro atoms. The predicted octanol–water partition coefficient (Wildman–Crippen LogP) is 3.70. The van der Waals surface area contributed by atoms with Crippen molar-refractivity contribution in [2.24, 2.45) is 0 Å². The molecule has 3 aromatic rings. The van der Waals surface area contributed by atoms with E-state index in [1.165, 1.54) is 14.2 Å². The summed E-state index contributed by atoms with van der Waals surface area (Å²) in [6.45, 7) is 0.346. The molecule has 0 aliphatic carbocycles. The van der Waals surface area contributed by atoms with Crippen molar-refractivity contribution in [1.29, 1.82) is 0 Å². The van der Waals surface area contributed by atoms with E-state index in [2.05, 4.69) is 0 Å². The molecule has 1 amide bonds. The standard InChI is InChI=1S/C25H28N2O5S/c1-31-22-14-15-23(24(16-22)32-2)27(33(3,29)30)19-25(28)26(17-20-10-6-4-7-11-20)18-21-12-8-5-9-13-21/h4-16H,17-19H2,1-3H3. The van der Waals surface area contributed by atoms with Gasteiger partial charge in [-0.25, -0.2) is 8.42 Å². The quantitative estimate of drug-likeness (QED) is 0.454. The summed E-state index contributed by atoms with van der Waals surface area (Å²) in [7, 11) is -0.826. The van der Waals surface area contributed by atoms with Gasteiger partial charge in [-0.2, -0.15) is 0 Å². The highest BCUT2D eigenvalue weighted by Crippen LogP contribution is 2.33. The summed E-state index contributed by atoms with van der Waals surface area (Å²) in [6, 6.07) is 24.0. The van der Waals surface area contributed by atoms with Crippen LogP contribution in [0.4, 0.5) is 5.69 Å². The van der Waals surface area contributed by atoms with Crippen molar-refractivity contribution in [3.8, 4) is 11.5 Å². The van der Waals surface area contributed by atoms with Crippen molar-refractivity contribution in [2.75, 3.05) is 31.3 Å². The number of anilines is 1. The van der Waals surface area contributed by atoms with Crippen LogP contribution in [0.25, 0.3) is 0 Å². The van der Waals surface area contributed by atoms with Crippen molar-refractivity contribution in [1.82, 2.24) is 4.90 Å². The molecule has 3 aromatic carbocycles. The van der Waals surface area contributed by atoms with Gasteiger partial charge in [0.05, 0.1) is 26.2 Å². The minimum Gasteiger partial charge on any atom is -0.497 e. The van der Waals surface area contributed by atoms with Gasteiger partial charge in [-0.3, -0.25) is 9.10 Å². The number of hydrogen-bond acceptors (Lipinski definition) is 5. The van der Waals surface area contributed by atoms with Gasteiger partial charge in [0.1, 0.15) is 18.0 Å². The van der Waals surface area contributed by atoms with Crippen LogP contribution in [-0.2, 0) is 27.9 Å². The molecule has 0 N–H and O–H groups in total. The summed E-state index contributed by atoms with van der Waals surface area (Å²) < 4.78 is 37.1. The number of benzene rings is 3. The third kappa shape index (κ3) is 6.49. The fourth-order valence-corrected chi connectivity index (χ4v) is 4.29. The van der Waals surface area contributed by atoms with E-state index in [0.29, 0.717) is 24.6 Å². The third-order valence-electron chi connectivity index (χ3n) is 5.12. The zero-order chi connectivity index (χ0) is 23.8. The fraction of sp³-hybridized carbons (Fsp3) is 0.240. The highest BCUT2D eigenvalue weighted by molar-refractivity contribution is 7.92. The molecule has 0 heterocycles. The molecule has 0 bridgehead atoms. The van der Waals surface area contributed by atoms with Crippen molar-refractivity contribution < 1.29 is 22.7 Å². The largest absolute Gasteiger partial charge is 0.497 e. The lowest BCUT2D eigenvalue weighted by Gasteiger charge is -2.28. The Bertz CT molecular complexity index is 1130. The summed E-state index contributed by atoms with van der Waals surface area (Å²) in [5.74, 6) is 0.487. The topological polar surface area (TPSA) is 76.2 Å². The molecule has 0 saturated heterocycles. The van der Waals surface area contributed by atoms with Crippen LogP contribution in [0.2, 0.25) is 0 Å². The zero-order valence-corrected chi connectivity index (χ0v) is 19.8. The van der Waals surface area contributed by atoms with E-state index in [1.54, 1.807) is 23.1 Å². The summed E-state index contributed by atoms with van der Waals surface area (Å²) in [5.41, 5.74) is 2.18. The Morgan fingerprint density at radius 1 is 0.818 bits per heavy atom. The number of carbonyl (C=O) groups is 1. The van der Waals surface area contributed by atoms with Gasteiger partial charge in [0, 0.05) is 19.2 Å². The van der Waals surface area contributed by atoms with E-state index in [4.69, 9.17) is 9.47 Å². The molecule has 7 nitrogen and oxygen atoms in total. The first-order valence-corrected chi connectivity index (χ1v) is 12.2. The molecule has 0 aliphatic heterocycles. The Kier molecular flexibility index (Phi) is 7.95. The van der Waals surface area contributed by atoms with Crippen LogP contribution in [0, 0.1) is 0 Å². The number of amides is 1. The third-order valence-corrected chi connectivity index (χ3v) is 6.25. The molecule has 0 fully saturated rings. The lowest BCUT2D eigenvalue weighted by molar-refractivity contribution is -0.130. The summed E-state index contributed by atoms with van der Waals surface area (Å²) in [5, 5.41) is 0. The number of rotatable bonds is 10. The number of methoxy groups -OCH3 is 2. The molecule has 0 aromatic heterocycles. The van der Waals surface area contributed by atoms with Crippen LogP contribution >= 0.6 is 0 Å². The average Bonchev–Trinajstić information content (AvgIpc) is 2.82. The normalized spacial score (nSPS) is 11.0. The number of sulfonamides is 1. The zero-order valence-electron chi connectivity index (χ0n) is 19.0. The highest BCUT2D eigenvalue weighted by Gasteiger charge is 2.27. The molecule has 0 unspecified atom stereocenters. The van der Waals surface area contributed by atoms with Crippen LogP contribution in [0.15, 0.2) is 78.9 Å². The van der Waals surface area contributed by atoms with Crippen LogP contribution in [0.1, 0.15) is 11.1 Å². The molecule has 33 heavy (non-hydrogen) atoms. The van der Waals surface area contributed by atoms with Gasteiger partial charge in [-0.1, -0.05) is 60.7 Å². The molecule has 8 heteroatoms. The highest BCUT2D eigenvalue weighted by atomic mass is 32.2. The Hall–Kier alpha value is -3.52. The number of nitrogens with zero attached hydrogens (tertiary/aromatic N) is 2. The van der Waals surface area contributed by atoms with Gasteiger partial charge in [0.2, 0.25) is 15.9 Å². The lowest BCUT2D eigenvalue weighted by Crippen LogP contribution is -2.42. The van der Waals surface area contributed by atoms with Crippen molar-refractivity contribution >= 4 is 21.6 Å². The maximum atomic E-state index is 13.5. The predicted molar refractivity (Wildman–Crippen MR) is 129 cm³/mol. The molecule has 174 valence electrons. The second-order valence-corrected chi connectivity index (χ2v) is 9.44. The van der Waals surface area contributed by atoms with Gasteiger partial charge >= 0.3 is 0 Å². The van der Waals surface area contributed by atoms with E-state index in [9.17, 15) is 13.2 Å². The Labute approximate surface area is 195 Å². The first kappa shape index (κ1) is 24.1. The molecular weight excluding hydrogens is 440 g/mol. The molecule has 0 atom stereocenters. The summed E-state index contributed by atoms with van der Waals surface area (Å²) in [4.78, 5) is 15.1. The van der Waals surface area contributed by atoms with E-state index in [1.807, 2.05) is 60.7 Å². The number of ether oxygens (including phenoxy) is 2. The van der Waals surface area contributed by atoms with Crippen molar-refractivity contribution in [3.63, 3.8) is 0 Å².